The molecule has 0 aliphatic heterocycles. The lowest BCUT2D eigenvalue weighted by atomic mass is 10.3. The first-order valence-electron chi connectivity index (χ1n) is 7.62. The standard InChI is InChI=1S/C16H25ClN4O3.HI/c1-18-16(20-12-15(22)19-8-10-23-3)21(2)9-11-24-14-6-4-13(17)5-7-14;/h4-7H,8-12H2,1-3H3,(H,18,20)(H,19,22);1H. The fourth-order valence-electron chi connectivity index (χ4n) is 1.84. The minimum Gasteiger partial charge on any atom is -0.492 e. The van der Waals surface area contributed by atoms with Gasteiger partial charge in [-0.3, -0.25) is 9.79 Å². The Hall–Kier alpha value is -1.26. The number of ether oxygens (including phenoxy) is 2. The molecule has 142 valence electrons. The molecule has 0 saturated carbocycles. The Bertz CT molecular complexity index is 529. The minimum absolute atomic E-state index is 0. The van der Waals surface area contributed by atoms with E-state index in [1.165, 1.54) is 0 Å². The lowest BCUT2D eigenvalue weighted by Gasteiger charge is -2.22. The number of nitrogens with zero attached hydrogens (tertiary/aromatic N) is 2. The van der Waals surface area contributed by atoms with E-state index in [4.69, 9.17) is 21.1 Å². The highest BCUT2D eigenvalue weighted by Gasteiger charge is 2.08. The molecule has 25 heavy (non-hydrogen) atoms. The summed E-state index contributed by atoms with van der Waals surface area (Å²) in [4.78, 5) is 17.7. The van der Waals surface area contributed by atoms with Crippen LogP contribution in [0.3, 0.4) is 0 Å². The number of guanidine groups is 1. The van der Waals surface area contributed by atoms with Crippen molar-refractivity contribution in [1.82, 2.24) is 15.5 Å². The maximum atomic E-state index is 11.6. The molecule has 0 atom stereocenters. The van der Waals surface area contributed by atoms with Crippen LogP contribution >= 0.6 is 35.6 Å². The second-order valence-corrected chi connectivity index (χ2v) is 5.40. The summed E-state index contributed by atoms with van der Waals surface area (Å²) in [6.07, 6.45) is 0. The average Bonchev–Trinajstić information content (AvgIpc) is 2.57. The number of hydrogen-bond donors (Lipinski definition) is 2. The molecular formula is C16H26ClIN4O3. The number of carbonyl (C=O) groups excluding carboxylic acids is 1. The highest BCUT2D eigenvalue weighted by atomic mass is 127. The van der Waals surface area contributed by atoms with Crippen molar-refractivity contribution in [2.75, 3.05) is 54.1 Å². The maximum Gasteiger partial charge on any atom is 0.239 e. The highest BCUT2D eigenvalue weighted by molar-refractivity contribution is 14.0. The van der Waals surface area contributed by atoms with Gasteiger partial charge in [0.05, 0.1) is 19.7 Å². The van der Waals surface area contributed by atoms with Crippen LogP contribution in [0.2, 0.25) is 5.02 Å². The van der Waals surface area contributed by atoms with E-state index in [2.05, 4.69) is 15.6 Å². The number of amides is 1. The lowest BCUT2D eigenvalue weighted by molar-refractivity contribution is -0.120. The van der Waals surface area contributed by atoms with E-state index in [-0.39, 0.29) is 36.4 Å². The summed E-state index contributed by atoms with van der Waals surface area (Å²) in [6, 6.07) is 7.20. The SMILES string of the molecule is CN=C(NCC(=O)NCCOC)N(C)CCOc1ccc(Cl)cc1.I. The molecule has 1 aromatic carbocycles. The number of likely N-dealkylation sites (N-methyl/N-ethyl adjacent to an activating group) is 1. The van der Waals surface area contributed by atoms with Crippen LogP contribution in [-0.2, 0) is 9.53 Å². The Morgan fingerprint density at radius 2 is 1.92 bits per heavy atom. The number of nitrogens with one attached hydrogen (secondary N) is 2. The van der Waals surface area contributed by atoms with Crippen molar-refractivity contribution >= 4 is 47.4 Å². The van der Waals surface area contributed by atoms with Gasteiger partial charge in [0, 0.05) is 32.8 Å². The summed E-state index contributed by atoms with van der Waals surface area (Å²) in [7, 11) is 5.14. The molecule has 0 unspecified atom stereocenters. The zero-order valence-electron chi connectivity index (χ0n) is 14.8. The van der Waals surface area contributed by atoms with Crippen LogP contribution in [0.1, 0.15) is 0 Å². The summed E-state index contributed by atoms with van der Waals surface area (Å²) < 4.78 is 10.5. The second-order valence-electron chi connectivity index (χ2n) is 4.97. The first-order chi connectivity index (χ1) is 11.6. The van der Waals surface area contributed by atoms with E-state index in [0.717, 1.165) is 5.75 Å². The van der Waals surface area contributed by atoms with Crippen LogP contribution < -0.4 is 15.4 Å². The number of benzene rings is 1. The number of aliphatic imine (C=N–C) groups is 1. The Balaban J connectivity index is 0.00000576. The molecular weight excluding hydrogens is 459 g/mol. The molecule has 1 aromatic rings. The summed E-state index contributed by atoms with van der Waals surface area (Å²) in [5, 5.41) is 6.41. The van der Waals surface area contributed by atoms with Crippen LogP contribution in [0, 0.1) is 0 Å². The van der Waals surface area contributed by atoms with Crippen molar-refractivity contribution in [2.45, 2.75) is 0 Å². The summed E-state index contributed by atoms with van der Waals surface area (Å²) in [6.45, 7) is 2.23. The molecule has 0 aliphatic rings. The number of carbonyl (C=O) groups is 1. The molecule has 1 amide bonds. The molecule has 0 fully saturated rings. The molecule has 0 saturated heterocycles. The number of rotatable bonds is 9. The molecule has 0 bridgehead atoms. The molecule has 0 aliphatic carbocycles. The van der Waals surface area contributed by atoms with E-state index in [0.29, 0.717) is 37.3 Å². The largest absolute Gasteiger partial charge is 0.492 e. The van der Waals surface area contributed by atoms with Crippen LogP contribution in [0.5, 0.6) is 5.75 Å². The Kier molecular flexibility index (Phi) is 13.3. The Morgan fingerprint density at radius 3 is 2.52 bits per heavy atom. The third kappa shape index (κ3) is 10.4. The van der Waals surface area contributed by atoms with E-state index in [1.807, 2.05) is 24.1 Å². The van der Waals surface area contributed by atoms with Crippen molar-refractivity contribution in [3.63, 3.8) is 0 Å². The van der Waals surface area contributed by atoms with Gasteiger partial charge >= 0.3 is 0 Å². The van der Waals surface area contributed by atoms with Gasteiger partial charge in [-0.15, -0.1) is 24.0 Å². The van der Waals surface area contributed by atoms with Crippen LogP contribution in [0.25, 0.3) is 0 Å². The zero-order chi connectivity index (χ0) is 17.8. The number of methoxy groups -OCH3 is 1. The van der Waals surface area contributed by atoms with Crippen LogP contribution in [0.15, 0.2) is 29.3 Å². The van der Waals surface area contributed by atoms with Gasteiger partial charge in [0.1, 0.15) is 12.4 Å². The lowest BCUT2D eigenvalue weighted by Crippen LogP contribution is -2.45. The summed E-state index contributed by atoms with van der Waals surface area (Å²) >= 11 is 5.83. The first kappa shape index (κ1) is 23.7. The van der Waals surface area contributed by atoms with Crippen molar-refractivity contribution in [3.05, 3.63) is 29.3 Å². The second kappa shape index (κ2) is 14.0. The third-order valence-corrected chi connectivity index (χ3v) is 3.37. The highest BCUT2D eigenvalue weighted by Crippen LogP contribution is 2.15. The van der Waals surface area contributed by atoms with Gasteiger partial charge in [-0.05, 0) is 24.3 Å². The molecule has 0 radical (unpaired) electrons. The molecule has 0 spiro atoms. The van der Waals surface area contributed by atoms with E-state index in [9.17, 15) is 4.79 Å². The topological polar surface area (TPSA) is 75.2 Å². The van der Waals surface area contributed by atoms with Crippen LogP contribution in [0.4, 0.5) is 0 Å². The molecule has 9 heteroatoms. The Morgan fingerprint density at radius 1 is 1.24 bits per heavy atom. The van der Waals surface area contributed by atoms with Gasteiger partial charge in [-0.25, -0.2) is 0 Å². The average molecular weight is 485 g/mol. The van der Waals surface area contributed by atoms with Gasteiger partial charge in [0.25, 0.3) is 0 Å². The maximum absolute atomic E-state index is 11.6. The van der Waals surface area contributed by atoms with Gasteiger partial charge < -0.3 is 25.0 Å². The van der Waals surface area contributed by atoms with E-state index < -0.39 is 0 Å². The smallest absolute Gasteiger partial charge is 0.239 e. The first-order valence-corrected chi connectivity index (χ1v) is 8.00. The quantitative estimate of drug-likeness (QED) is 0.241. The zero-order valence-corrected chi connectivity index (χ0v) is 17.8. The predicted octanol–water partition coefficient (Wildman–Crippen LogP) is 1.61. The van der Waals surface area contributed by atoms with E-state index >= 15 is 0 Å². The third-order valence-electron chi connectivity index (χ3n) is 3.12. The molecule has 2 N–H and O–H groups in total. The van der Waals surface area contributed by atoms with Gasteiger partial charge in [-0.2, -0.15) is 0 Å². The van der Waals surface area contributed by atoms with Crippen molar-refractivity contribution < 1.29 is 14.3 Å². The van der Waals surface area contributed by atoms with Crippen molar-refractivity contribution in [3.8, 4) is 5.75 Å². The van der Waals surface area contributed by atoms with Crippen molar-refractivity contribution in [2.24, 2.45) is 4.99 Å². The number of hydrogen-bond acceptors (Lipinski definition) is 4. The number of halogens is 2. The molecule has 0 heterocycles. The van der Waals surface area contributed by atoms with Gasteiger partial charge in [0.15, 0.2) is 5.96 Å². The fraction of sp³-hybridized carbons (Fsp3) is 0.500. The minimum atomic E-state index is -0.112. The summed E-state index contributed by atoms with van der Waals surface area (Å²) in [5.74, 6) is 1.27. The molecule has 0 aromatic heterocycles. The molecule has 7 nitrogen and oxygen atoms in total. The Labute approximate surface area is 171 Å². The summed E-state index contributed by atoms with van der Waals surface area (Å²) in [5.41, 5.74) is 0. The fourth-order valence-corrected chi connectivity index (χ4v) is 1.96. The van der Waals surface area contributed by atoms with Crippen molar-refractivity contribution in [1.29, 1.82) is 0 Å². The van der Waals surface area contributed by atoms with E-state index in [1.54, 1.807) is 26.3 Å². The molecule has 1 rings (SSSR count). The van der Waals surface area contributed by atoms with Gasteiger partial charge in [0.2, 0.25) is 5.91 Å². The normalized spacial score (nSPS) is 10.6. The van der Waals surface area contributed by atoms with Crippen LogP contribution in [-0.4, -0.2) is 70.8 Å². The predicted molar refractivity (Wildman–Crippen MR) is 111 cm³/mol. The van der Waals surface area contributed by atoms with Gasteiger partial charge in [-0.1, -0.05) is 11.6 Å². The monoisotopic (exact) mass is 484 g/mol.